The lowest BCUT2D eigenvalue weighted by Gasteiger charge is -2.09. The third kappa shape index (κ3) is 5.06. The molecule has 0 bridgehead atoms. The Morgan fingerprint density at radius 2 is 1.88 bits per heavy atom. The second-order valence-corrected chi connectivity index (χ2v) is 6.21. The van der Waals surface area contributed by atoms with Crippen molar-refractivity contribution in [2.24, 2.45) is 5.92 Å². The quantitative estimate of drug-likeness (QED) is 0.845. The van der Waals surface area contributed by atoms with Gasteiger partial charge in [0.25, 0.3) is 11.8 Å². The topological polar surface area (TPSA) is 71.1 Å². The maximum Gasteiger partial charge on any atom is 0.270 e. The van der Waals surface area contributed by atoms with E-state index in [4.69, 9.17) is 11.6 Å². The standard InChI is InChI=1S/C18H20ClN3O2/c1-12(2)10-21-17(23)13-7-8-20-16(9-13)18(24)22-11-14-5-3-4-6-15(14)19/h3-9,12H,10-11H2,1-2H3,(H,21,23)(H,22,24). The highest BCUT2D eigenvalue weighted by atomic mass is 35.5. The van der Waals surface area contributed by atoms with E-state index in [2.05, 4.69) is 15.6 Å². The van der Waals surface area contributed by atoms with Crippen LogP contribution in [0.25, 0.3) is 0 Å². The summed E-state index contributed by atoms with van der Waals surface area (Å²) in [6.07, 6.45) is 1.45. The van der Waals surface area contributed by atoms with Gasteiger partial charge in [-0.05, 0) is 29.7 Å². The summed E-state index contributed by atoms with van der Waals surface area (Å²) in [6.45, 7) is 4.90. The molecule has 126 valence electrons. The van der Waals surface area contributed by atoms with Crippen molar-refractivity contribution in [1.29, 1.82) is 0 Å². The van der Waals surface area contributed by atoms with Gasteiger partial charge in [0.05, 0.1) is 0 Å². The number of rotatable bonds is 6. The first-order valence-electron chi connectivity index (χ1n) is 7.73. The first kappa shape index (κ1) is 17.9. The third-order valence-electron chi connectivity index (χ3n) is 3.32. The van der Waals surface area contributed by atoms with Crippen molar-refractivity contribution in [2.75, 3.05) is 6.54 Å². The number of carbonyl (C=O) groups is 2. The van der Waals surface area contributed by atoms with Gasteiger partial charge >= 0.3 is 0 Å². The van der Waals surface area contributed by atoms with Crippen LogP contribution < -0.4 is 10.6 Å². The van der Waals surface area contributed by atoms with E-state index in [9.17, 15) is 9.59 Å². The second kappa shape index (κ2) is 8.45. The first-order chi connectivity index (χ1) is 11.5. The molecule has 0 saturated heterocycles. The van der Waals surface area contributed by atoms with Crippen molar-refractivity contribution in [3.05, 3.63) is 64.4 Å². The number of carbonyl (C=O) groups excluding carboxylic acids is 2. The average molecular weight is 346 g/mol. The minimum absolute atomic E-state index is 0.194. The number of aromatic nitrogens is 1. The van der Waals surface area contributed by atoms with Crippen LogP contribution in [0, 0.1) is 5.92 Å². The Hall–Kier alpha value is -2.40. The lowest BCUT2D eigenvalue weighted by molar-refractivity contribution is 0.0946. The maximum atomic E-state index is 12.2. The molecule has 1 aromatic carbocycles. The van der Waals surface area contributed by atoms with E-state index >= 15 is 0 Å². The van der Waals surface area contributed by atoms with E-state index in [1.54, 1.807) is 12.1 Å². The van der Waals surface area contributed by atoms with Crippen LogP contribution in [0.1, 0.15) is 40.3 Å². The highest BCUT2D eigenvalue weighted by Crippen LogP contribution is 2.14. The van der Waals surface area contributed by atoms with Crippen LogP contribution in [-0.2, 0) is 6.54 Å². The van der Waals surface area contributed by atoms with Gasteiger partial charge in [0, 0.05) is 29.9 Å². The van der Waals surface area contributed by atoms with Gasteiger partial charge < -0.3 is 10.6 Å². The molecule has 1 heterocycles. The van der Waals surface area contributed by atoms with Crippen LogP contribution in [0.4, 0.5) is 0 Å². The van der Waals surface area contributed by atoms with Crippen LogP contribution in [0.15, 0.2) is 42.6 Å². The summed E-state index contributed by atoms with van der Waals surface area (Å²) in [5.41, 5.74) is 1.42. The fourth-order valence-corrected chi connectivity index (χ4v) is 2.21. The number of hydrogen-bond donors (Lipinski definition) is 2. The summed E-state index contributed by atoms with van der Waals surface area (Å²) in [5.74, 6) is -0.214. The van der Waals surface area contributed by atoms with Crippen molar-refractivity contribution in [2.45, 2.75) is 20.4 Å². The van der Waals surface area contributed by atoms with E-state index in [0.29, 0.717) is 29.6 Å². The zero-order valence-electron chi connectivity index (χ0n) is 13.7. The second-order valence-electron chi connectivity index (χ2n) is 5.81. The Bertz CT molecular complexity index is 732. The number of nitrogens with zero attached hydrogens (tertiary/aromatic N) is 1. The number of pyridine rings is 1. The maximum absolute atomic E-state index is 12.2. The van der Waals surface area contributed by atoms with Gasteiger partial charge in [-0.2, -0.15) is 0 Å². The molecule has 0 spiro atoms. The monoisotopic (exact) mass is 345 g/mol. The van der Waals surface area contributed by atoms with Gasteiger partial charge in [-0.25, -0.2) is 0 Å². The molecule has 2 rings (SSSR count). The Labute approximate surface area is 146 Å². The Morgan fingerprint density at radius 3 is 2.58 bits per heavy atom. The van der Waals surface area contributed by atoms with Crippen LogP contribution in [0.3, 0.4) is 0 Å². The van der Waals surface area contributed by atoms with Crippen molar-refractivity contribution < 1.29 is 9.59 Å². The summed E-state index contributed by atoms with van der Waals surface area (Å²) < 4.78 is 0. The number of amides is 2. The molecule has 2 aromatic rings. The zero-order valence-corrected chi connectivity index (χ0v) is 14.4. The van der Waals surface area contributed by atoms with E-state index in [-0.39, 0.29) is 17.5 Å². The minimum Gasteiger partial charge on any atom is -0.352 e. The molecule has 0 saturated carbocycles. The predicted molar refractivity (Wildman–Crippen MR) is 94.0 cm³/mol. The number of benzene rings is 1. The summed E-state index contributed by atoms with van der Waals surface area (Å²) in [4.78, 5) is 28.3. The van der Waals surface area contributed by atoms with Crippen molar-refractivity contribution in [1.82, 2.24) is 15.6 Å². The highest BCUT2D eigenvalue weighted by molar-refractivity contribution is 6.31. The molecule has 0 unspecified atom stereocenters. The molecule has 0 radical (unpaired) electrons. The Kier molecular flexibility index (Phi) is 6.32. The molecule has 0 aliphatic rings. The fourth-order valence-electron chi connectivity index (χ4n) is 2.00. The fraction of sp³-hybridized carbons (Fsp3) is 0.278. The van der Waals surface area contributed by atoms with Gasteiger partial charge in [-0.1, -0.05) is 43.6 Å². The van der Waals surface area contributed by atoms with E-state index < -0.39 is 0 Å². The van der Waals surface area contributed by atoms with Gasteiger partial charge in [0.15, 0.2) is 0 Å². The molecular weight excluding hydrogens is 326 g/mol. The number of hydrogen-bond acceptors (Lipinski definition) is 3. The lowest BCUT2D eigenvalue weighted by atomic mass is 10.1. The minimum atomic E-state index is -0.353. The highest BCUT2D eigenvalue weighted by Gasteiger charge is 2.12. The summed E-state index contributed by atoms with van der Waals surface area (Å²) in [5, 5.41) is 6.16. The molecule has 5 nitrogen and oxygen atoms in total. The van der Waals surface area contributed by atoms with Gasteiger partial charge in [-0.3, -0.25) is 14.6 Å². The molecule has 2 amide bonds. The molecule has 24 heavy (non-hydrogen) atoms. The van der Waals surface area contributed by atoms with E-state index in [0.717, 1.165) is 5.56 Å². The van der Waals surface area contributed by atoms with Crippen molar-refractivity contribution >= 4 is 23.4 Å². The molecule has 0 fully saturated rings. The first-order valence-corrected chi connectivity index (χ1v) is 8.11. The van der Waals surface area contributed by atoms with Crippen LogP contribution in [0.5, 0.6) is 0 Å². The Morgan fingerprint density at radius 1 is 1.12 bits per heavy atom. The normalized spacial score (nSPS) is 10.5. The van der Waals surface area contributed by atoms with Gasteiger partial charge in [0.2, 0.25) is 0 Å². The molecule has 2 N–H and O–H groups in total. The van der Waals surface area contributed by atoms with Gasteiger partial charge in [0.1, 0.15) is 5.69 Å². The number of nitrogens with one attached hydrogen (secondary N) is 2. The molecule has 1 aromatic heterocycles. The van der Waals surface area contributed by atoms with E-state index in [1.165, 1.54) is 12.3 Å². The summed E-state index contributed by atoms with van der Waals surface area (Å²) in [7, 11) is 0. The van der Waals surface area contributed by atoms with Crippen LogP contribution >= 0.6 is 11.6 Å². The third-order valence-corrected chi connectivity index (χ3v) is 3.69. The lowest BCUT2D eigenvalue weighted by Crippen LogP contribution is -2.28. The SMILES string of the molecule is CC(C)CNC(=O)c1ccnc(C(=O)NCc2ccccc2Cl)c1. The smallest absolute Gasteiger partial charge is 0.270 e. The summed E-state index contributed by atoms with van der Waals surface area (Å²) >= 11 is 6.06. The van der Waals surface area contributed by atoms with Crippen LogP contribution in [0.2, 0.25) is 5.02 Å². The van der Waals surface area contributed by atoms with E-state index in [1.807, 2.05) is 32.0 Å². The summed E-state index contributed by atoms with van der Waals surface area (Å²) in [6, 6.07) is 10.4. The number of halogens is 1. The molecule has 0 aliphatic heterocycles. The van der Waals surface area contributed by atoms with Crippen molar-refractivity contribution in [3.8, 4) is 0 Å². The Balaban J connectivity index is 2.01. The van der Waals surface area contributed by atoms with Crippen molar-refractivity contribution in [3.63, 3.8) is 0 Å². The van der Waals surface area contributed by atoms with Gasteiger partial charge in [-0.15, -0.1) is 0 Å². The molecular formula is C18H20ClN3O2. The zero-order chi connectivity index (χ0) is 17.5. The molecule has 0 aliphatic carbocycles. The van der Waals surface area contributed by atoms with Crippen LogP contribution in [-0.4, -0.2) is 23.3 Å². The molecule has 6 heteroatoms. The average Bonchev–Trinajstić information content (AvgIpc) is 2.58. The molecule has 0 atom stereocenters. The largest absolute Gasteiger partial charge is 0.352 e. The predicted octanol–water partition coefficient (Wildman–Crippen LogP) is 3.05.